The average molecular weight is 493 g/mol. The Kier molecular flexibility index (Phi) is 9.04. The number of nitrogens with one attached hydrogen (secondary N) is 2. The molecule has 1 aromatic rings. The summed E-state index contributed by atoms with van der Waals surface area (Å²) in [5.74, 6) is 0.655. The van der Waals surface area contributed by atoms with Gasteiger partial charge in [-0.05, 0) is 18.9 Å². The molecule has 10 heteroatoms. The third-order valence-corrected chi connectivity index (χ3v) is 3.96. The van der Waals surface area contributed by atoms with E-state index in [4.69, 9.17) is 16.3 Å². The molecule has 0 aromatic carbocycles. The summed E-state index contributed by atoms with van der Waals surface area (Å²) in [4.78, 5) is 7.74. The summed E-state index contributed by atoms with van der Waals surface area (Å²) in [6.45, 7) is 0.620. The lowest BCUT2D eigenvalue weighted by Gasteiger charge is -2.17. The summed E-state index contributed by atoms with van der Waals surface area (Å²) in [6.07, 6.45) is 0.917. The Morgan fingerprint density at radius 2 is 2.08 bits per heavy atom. The first-order chi connectivity index (χ1) is 11.4. The zero-order chi connectivity index (χ0) is 17.6. The van der Waals surface area contributed by atoms with Crippen LogP contribution in [0.4, 0.5) is 13.2 Å². The van der Waals surface area contributed by atoms with E-state index in [0.717, 1.165) is 18.9 Å². The number of alkyl halides is 3. The average Bonchev–Trinajstić information content (AvgIpc) is 3.03. The van der Waals surface area contributed by atoms with Crippen LogP contribution in [0.3, 0.4) is 0 Å². The minimum Gasteiger partial charge on any atom is -0.475 e. The topological polar surface area (TPSA) is 58.5 Å². The highest BCUT2D eigenvalue weighted by molar-refractivity contribution is 14.0. The van der Waals surface area contributed by atoms with Gasteiger partial charge in [-0.1, -0.05) is 24.4 Å². The van der Waals surface area contributed by atoms with Crippen LogP contribution in [0.25, 0.3) is 0 Å². The number of rotatable bonds is 5. The zero-order valence-corrected chi connectivity index (χ0v) is 16.8. The van der Waals surface area contributed by atoms with Crippen LogP contribution in [0.15, 0.2) is 17.3 Å². The summed E-state index contributed by atoms with van der Waals surface area (Å²) >= 11 is 5.77. The lowest BCUT2D eigenvalue weighted by atomic mass is 10.2. The van der Waals surface area contributed by atoms with Crippen LogP contribution in [-0.2, 0) is 6.18 Å². The first-order valence-electron chi connectivity index (χ1n) is 7.73. The van der Waals surface area contributed by atoms with Gasteiger partial charge in [-0.15, -0.1) is 24.0 Å². The van der Waals surface area contributed by atoms with Gasteiger partial charge in [0.25, 0.3) is 0 Å². The molecule has 0 aliphatic heterocycles. The Bertz CT molecular complexity index is 580. The molecule has 1 saturated carbocycles. The monoisotopic (exact) mass is 492 g/mol. The van der Waals surface area contributed by atoms with Crippen LogP contribution in [0.1, 0.15) is 31.2 Å². The predicted molar refractivity (Wildman–Crippen MR) is 102 cm³/mol. The van der Waals surface area contributed by atoms with Crippen molar-refractivity contribution in [1.29, 1.82) is 0 Å². The molecule has 0 radical (unpaired) electrons. The number of nitrogens with zero attached hydrogens (tertiary/aromatic N) is 2. The SMILES string of the molecule is CN=C(NCCOc1ncc(C(F)(F)F)cc1Cl)NC1CCCC1.I. The van der Waals surface area contributed by atoms with Crippen molar-refractivity contribution in [1.82, 2.24) is 15.6 Å². The van der Waals surface area contributed by atoms with Crippen molar-refractivity contribution in [2.45, 2.75) is 37.9 Å². The van der Waals surface area contributed by atoms with E-state index >= 15 is 0 Å². The van der Waals surface area contributed by atoms with Gasteiger partial charge in [0.15, 0.2) is 5.96 Å². The molecular weight excluding hydrogens is 472 g/mol. The summed E-state index contributed by atoms with van der Waals surface area (Å²) in [6, 6.07) is 1.24. The summed E-state index contributed by atoms with van der Waals surface area (Å²) < 4.78 is 42.9. The number of halogens is 5. The molecule has 1 heterocycles. The van der Waals surface area contributed by atoms with Crippen LogP contribution in [0, 0.1) is 0 Å². The molecule has 0 amide bonds. The van der Waals surface area contributed by atoms with Crippen LogP contribution >= 0.6 is 35.6 Å². The fourth-order valence-electron chi connectivity index (χ4n) is 2.46. The smallest absolute Gasteiger partial charge is 0.417 e. The minimum atomic E-state index is -4.48. The van der Waals surface area contributed by atoms with E-state index in [9.17, 15) is 13.2 Å². The van der Waals surface area contributed by atoms with Gasteiger partial charge in [-0.2, -0.15) is 13.2 Å². The molecule has 0 atom stereocenters. The second kappa shape index (κ2) is 10.2. The number of pyridine rings is 1. The molecule has 1 fully saturated rings. The van der Waals surface area contributed by atoms with Crippen LogP contribution in [-0.4, -0.2) is 37.2 Å². The van der Waals surface area contributed by atoms with Crippen molar-refractivity contribution in [3.8, 4) is 5.88 Å². The van der Waals surface area contributed by atoms with Gasteiger partial charge in [0.2, 0.25) is 5.88 Å². The summed E-state index contributed by atoms with van der Waals surface area (Å²) in [5, 5.41) is 6.23. The standard InChI is InChI=1S/C15H20ClF3N4O.HI/c1-20-14(23-11-4-2-3-5-11)21-6-7-24-13-12(16)8-10(9-22-13)15(17,18)19;/h8-9,11H,2-7H2,1H3,(H2,20,21,23);1H. The van der Waals surface area contributed by atoms with Crippen LogP contribution < -0.4 is 15.4 Å². The first kappa shape index (κ1) is 22.1. The molecule has 25 heavy (non-hydrogen) atoms. The second-order valence-corrected chi connectivity index (χ2v) is 5.89. The van der Waals surface area contributed by atoms with Crippen molar-refractivity contribution < 1.29 is 17.9 Å². The maximum atomic E-state index is 12.5. The highest BCUT2D eigenvalue weighted by Gasteiger charge is 2.31. The van der Waals surface area contributed by atoms with E-state index in [1.165, 1.54) is 12.8 Å². The van der Waals surface area contributed by atoms with Gasteiger partial charge in [-0.3, -0.25) is 4.99 Å². The number of hydrogen-bond donors (Lipinski definition) is 2. The molecule has 0 saturated heterocycles. The molecule has 2 rings (SSSR count). The van der Waals surface area contributed by atoms with Crippen LogP contribution in [0.2, 0.25) is 5.02 Å². The van der Waals surface area contributed by atoms with Gasteiger partial charge in [0, 0.05) is 19.3 Å². The number of guanidine groups is 1. The fraction of sp³-hybridized carbons (Fsp3) is 0.600. The quantitative estimate of drug-likeness (QED) is 0.284. The number of aromatic nitrogens is 1. The molecular formula is C15H21ClF3IN4O. The van der Waals surface area contributed by atoms with Crippen LogP contribution in [0.5, 0.6) is 5.88 Å². The van der Waals surface area contributed by atoms with Crippen molar-refractivity contribution in [3.63, 3.8) is 0 Å². The molecule has 1 aromatic heterocycles. The van der Waals surface area contributed by atoms with Crippen molar-refractivity contribution >= 4 is 41.5 Å². The van der Waals surface area contributed by atoms with Gasteiger partial charge in [-0.25, -0.2) is 4.98 Å². The number of aliphatic imine (C=N–C) groups is 1. The lowest BCUT2D eigenvalue weighted by Crippen LogP contribution is -2.43. The molecule has 5 nitrogen and oxygen atoms in total. The molecule has 2 N–H and O–H groups in total. The Hall–Kier alpha value is -0.970. The van der Waals surface area contributed by atoms with Crippen molar-refractivity contribution in [2.24, 2.45) is 4.99 Å². The molecule has 0 bridgehead atoms. The highest BCUT2D eigenvalue weighted by Crippen LogP contribution is 2.32. The fourth-order valence-corrected chi connectivity index (χ4v) is 2.68. The van der Waals surface area contributed by atoms with E-state index in [1.807, 2.05) is 0 Å². The summed E-state index contributed by atoms with van der Waals surface area (Å²) in [7, 11) is 1.68. The molecule has 142 valence electrons. The normalized spacial score (nSPS) is 15.6. The van der Waals surface area contributed by atoms with Crippen molar-refractivity contribution in [2.75, 3.05) is 20.2 Å². The number of hydrogen-bond acceptors (Lipinski definition) is 3. The maximum Gasteiger partial charge on any atom is 0.417 e. The Morgan fingerprint density at radius 3 is 2.64 bits per heavy atom. The van der Waals surface area contributed by atoms with Gasteiger partial charge in [0.1, 0.15) is 11.6 Å². The number of ether oxygens (including phenoxy) is 1. The Morgan fingerprint density at radius 1 is 1.40 bits per heavy atom. The van der Waals surface area contributed by atoms with Crippen molar-refractivity contribution in [3.05, 3.63) is 22.8 Å². The third kappa shape index (κ3) is 7.04. The lowest BCUT2D eigenvalue weighted by molar-refractivity contribution is -0.137. The molecule has 1 aliphatic rings. The second-order valence-electron chi connectivity index (χ2n) is 5.48. The summed E-state index contributed by atoms with van der Waals surface area (Å²) in [5.41, 5.74) is -0.904. The third-order valence-electron chi connectivity index (χ3n) is 3.69. The Balaban J connectivity index is 0.00000312. The predicted octanol–water partition coefficient (Wildman–Crippen LogP) is 3.86. The van der Waals surface area contributed by atoms with E-state index in [1.54, 1.807) is 7.05 Å². The highest BCUT2D eigenvalue weighted by atomic mass is 127. The Labute approximate surface area is 166 Å². The molecule has 0 unspecified atom stereocenters. The van der Waals surface area contributed by atoms with E-state index in [-0.39, 0.29) is 41.5 Å². The van der Waals surface area contributed by atoms with Gasteiger partial charge >= 0.3 is 6.18 Å². The van der Waals surface area contributed by atoms with Gasteiger partial charge < -0.3 is 15.4 Å². The van der Waals surface area contributed by atoms with Gasteiger partial charge in [0.05, 0.1) is 12.1 Å². The van der Waals surface area contributed by atoms with E-state index in [2.05, 4.69) is 20.6 Å². The van der Waals surface area contributed by atoms with E-state index < -0.39 is 11.7 Å². The molecule has 0 spiro atoms. The van der Waals surface area contributed by atoms with E-state index in [0.29, 0.717) is 24.7 Å². The zero-order valence-electron chi connectivity index (χ0n) is 13.7. The minimum absolute atomic E-state index is 0. The maximum absolute atomic E-state index is 12.5. The first-order valence-corrected chi connectivity index (χ1v) is 8.10. The molecule has 1 aliphatic carbocycles. The largest absolute Gasteiger partial charge is 0.475 e.